The molecule has 0 amide bonds. The molecule has 1 rings (SSSR count). The Morgan fingerprint density at radius 2 is 2.05 bits per heavy atom. The van der Waals surface area contributed by atoms with Crippen LogP contribution in [0, 0.1) is 10.1 Å². The van der Waals surface area contributed by atoms with Gasteiger partial charge in [-0.1, -0.05) is 0 Å². The van der Waals surface area contributed by atoms with E-state index in [1.54, 1.807) is 44.8 Å². The minimum Gasteiger partial charge on any atom is -0.465 e. The first kappa shape index (κ1) is 17.5. The topological polar surface area (TPSA) is 81.5 Å². The summed E-state index contributed by atoms with van der Waals surface area (Å²) >= 11 is 1.55. The Morgan fingerprint density at radius 1 is 1.43 bits per heavy atom. The number of carbonyl (C=O) groups is 1. The monoisotopic (exact) mass is 312 g/mol. The highest BCUT2D eigenvalue weighted by atomic mass is 32.2. The largest absolute Gasteiger partial charge is 0.465 e. The highest BCUT2D eigenvalue weighted by Gasteiger charge is 2.32. The Balaban J connectivity index is 2.54. The van der Waals surface area contributed by atoms with Gasteiger partial charge in [-0.25, -0.2) is 0 Å². The van der Waals surface area contributed by atoms with Gasteiger partial charge in [0.1, 0.15) is 5.54 Å². The van der Waals surface area contributed by atoms with Crippen LogP contribution >= 0.6 is 11.8 Å². The van der Waals surface area contributed by atoms with Crippen molar-refractivity contribution in [3.05, 3.63) is 34.4 Å². The highest BCUT2D eigenvalue weighted by Crippen LogP contribution is 2.24. The zero-order chi connectivity index (χ0) is 15.9. The van der Waals surface area contributed by atoms with Crippen LogP contribution in [0.15, 0.2) is 29.2 Å². The zero-order valence-electron chi connectivity index (χ0n) is 12.4. The molecule has 0 bridgehead atoms. The average molecular weight is 312 g/mol. The molecule has 1 atom stereocenters. The molecule has 0 radical (unpaired) electrons. The molecule has 1 aromatic carbocycles. The molecule has 0 aromatic heterocycles. The van der Waals surface area contributed by atoms with E-state index in [-0.39, 0.29) is 11.7 Å². The number of thioether (sulfide) groups is 1. The fourth-order valence-corrected chi connectivity index (χ4v) is 2.73. The van der Waals surface area contributed by atoms with Gasteiger partial charge in [0.25, 0.3) is 5.69 Å². The van der Waals surface area contributed by atoms with Crippen molar-refractivity contribution in [3.63, 3.8) is 0 Å². The number of benzene rings is 1. The van der Waals surface area contributed by atoms with E-state index in [1.165, 1.54) is 12.1 Å². The summed E-state index contributed by atoms with van der Waals surface area (Å²) in [5, 5.41) is 13.6. The maximum atomic E-state index is 11.9. The van der Waals surface area contributed by atoms with Crippen molar-refractivity contribution in [2.75, 3.05) is 19.4 Å². The van der Waals surface area contributed by atoms with Gasteiger partial charge in [0.2, 0.25) is 0 Å². The fourth-order valence-electron chi connectivity index (χ4n) is 1.66. The number of esters is 1. The van der Waals surface area contributed by atoms with Crippen LogP contribution in [0.5, 0.6) is 0 Å². The van der Waals surface area contributed by atoms with Crippen molar-refractivity contribution in [2.24, 2.45) is 0 Å². The van der Waals surface area contributed by atoms with Gasteiger partial charge in [0, 0.05) is 22.8 Å². The van der Waals surface area contributed by atoms with Gasteiger partial charge in [-0.2, -0.15) is 0 Å². The van der Waals surface area contributed by atoms with Crippen LogP contribution in [0.3, 0.4) is 0 Å². The van der Waals surface area contributed by atoms with Crippen LogP contribution in [-0.4, -0.2) is 35.8 Å². The normalized spacial score (nSPS) is 13.5. The van der Waals surface area contributed by atoms with Gasteiger partial charge in [-0.05, 0) is 39.4 Å². The Bertz CT molecular complexity index is 492. The van der Waals surface area contributed by atoms with E-state index in [0.717, 1.165) is 4.90 Å². The fraction of sp³-hybridized carbons (Fsp3) is 0.500. The molecule has 6 nitrogen and oxygen atoms in total. The first-order valence-electron chi connectivity index (χ1n) is 6.66. The number of hydrogen-bond acceptors (Lipinski definition) is 6. The van der Waals surface area contributed by atoms with Crippen molar-refractivity contribution >= 4 is 23.4 Å². The van der Waals surface area contributed by atoms with E-state index in [2.05, 4.69) is 5.32 Å². The molecule has 1 unspecified atom stereocenters. The Morgan fingerprint density at radius 3 is 2.52 bits per heavy atom. The predicted octanol–water partition coefficient (Wildman–Crippen LogP) is 2.62. The van der Waals surface area contributed by atoms with Gasteiger partial charge in [-0.15, -0.1) is 11.8 Å². The molecule has 7 heteroatoms. The summed E-state index contributed by atoms with van der Waals surface area (Å²) in [5.74, 6) is 0.435. The van der Waals surface area contributed by atoms with Crippen LogP contribution in [-0.2, 0) is 9.53 Å². The number of rotatable bonds is 8. The van der Waals surface area contributed by atoms with Crippen molar-refractivity contribution in [1.82, 2.24) is 5.32 Å². The van der Waals surface area contributed by atoms with Gasteiger partial charge in [-0.3, -0.25) is 14.9 Å². The van der Waals surface area contributed by atoms with Crippen molar-refractivity contribution < 1.29 is 14.5 Å². The predicted molar refractivity (Wildman–Crippen MR) is 82.5 cm³/mol. The second-order valence-corrected chi connectivity index (χ2v) is 5.82. The minimum absolute atomic E-state index is 0.0749. The Hall–Kier alpha value is -1.60. The molecule has 0 aliphatic rings. The molecule has 0 aliphatic heterocycles. The molecule has 0 aliphatic carbocycles. The van der Waals surface area contributed by atoms with E-state index < -0.39 is 10.5 Å². The summed E-state index contributed by atoms with van der Waals surface area (Å²) in [6.07, 6.45) is 0.601. The van der Waals surface area contributed by atoms with Crippen LogP contribution < -0.4 is 5.32 Å². The van der Waals surface area contributed by atoms with Gasteiger partial charge in [0.05, 0.1) is 11.5 Å². The Kier molecular flexibility index (Phi) is 6.64. The van der Waals surface area contributed by atoms with E-state index >= 15 is 0 Å². The summed E-state index contributed by atoms with van der Waals surface area (Å²) in [7, 11) is 1.73. The molecule has 1 N–H and O–H groups in total. The second-order valence-electron chi connectivity index (χ2n) is 4.65. The van der Waals surface area contributed by atoms with Crippen molar-refractivity contribution in [2.45, 2.75) is 30.7 Å². The lowest BCUT2D eigenvalue weighted by atomic mass is 10.00. The third kappa shape index (κ3) is 5.02. The number of nitrogens with zero attached hydrogens (tertiary/aromatic N) is 1. The molecule has 0 heterocycles. The smallest absolute Gasteiger partial charge is 0.326 e. The third-order valence-corrected chi connectivity index (χ3v) is 4.21. The van der Waals surface area contributed by atoms with Gasteiger partial charge in [0.15, 0.2) is 0 Å². The van der Waals surface area contributed by atoms with E-state index in [0.29, 0.717) is 18.8 Å². The number of nitrogens with one attached hydrogen (secondary N) is 1. The Labute approximate surface area is 128 Å². The van der Waals surface area contributed by atoms with Crippen molar-refractivity contribution in [1.29, 1.82) is 0 Å². The number of ether oxygens (including phenoxy) is 1. The van der Waals surface area contributed by atoms with Gasteiger partial charge >= 0.3 is 5.97 Å². The molecule has 1 aromatic rings. The number of likely N-dealkylation sites (N-methyl/N-ethyl adjacent to an activating group) is 1. The SMILES string of the molecule is CCOC(=O)C(C)(CCSc1ccc([N+](=O)[O-])cc1)NC. The van der Waals surface area contributed by atoms with E-state index in [9.17, 15) is 14.9 Å². The van der Waals surface area contributed by atoms with Crippen LogP contribution in [0.4, 0.5) is 5.69 Å². The molecular weight excluding hydrogens is 292 g/mol. The lowest BCUT2D eigenvalue weighted by molar-refractivity contribution is -0.384. The summed E-state index contributed by atoms with van der Waals surface area (Å²) in [4.78, 5) is 23.0. The maximum absolute atomic E-state index is 11.9. The summed E-state index contributed by atoms with van der Waals surface area (Å²) in [6.45, 7) is 3.94. The molecule has 0 fully saturated rings. The molecule has 0 spiro atoms. The summed E-state index contributed by atoms with van der Waals surface area (Å²) in [5.41, 5.74) is -0.644. The number of nitro benzene ring substituents is 1. The van der Waals surface area contributed by atoms with E-state index in [1.807, 2.05) is 0 Å². The molecular formula is C14H20N2O4S. The van der Waals surface area contributed by atoms with Gasteiger partial charge < -0.3 is 10.1 Å². The lowest BCUT2D eigenvalue weighted by Crippen LogP contribution is -2.49. The van der Waals surface area contributed by atoms with Crippen LogP contribution in [0.25, 0.3) is 0 Å². The maximum Gasteiger partial charge on any atom is 0.326 e. The number of nitro groups is 1. The molecule has 116 valence electrons. The molecule has 21 heavy (non-hydrogen) atoms. The first-order chi connectivity index (χ1) is 9.92. The summed E-state index contributed by atoms with van der Waals surface area (Å²) in [6, 6.07) is 6.38. The standard InChI is InChI=1S/C14H20N2O4S/c1-4-20-13(17)14(2,15-3)9-10-21-12-7-5-11(6-8-12)16(18)19/h5-8,15H,4,9-10H2,1-3H3. The number of carbonyl (C=O) groups excluding carboxylic acids is 1. The highest BCUT2D eigenvalue weighted by molar-refractivity contribution is 7.99. The second kappa shape index (κ2) is 7.99. The van der Waals surface area contributed by atoms with Crippen molar-refractivity contribution in [3.8, 4) is 0 Å². The van der Waals surface area contributed by atoms with Crippen LogP contribution in [0.1, 0.15) is 20.3 Å². The van der Waals surface area contributed by atoms with Crippen LogP contribution in [0.2, 0.25) is 0 Å². The summed E-state index contributed by atoms with van der Waals surface area (Å²) < 4.78 is 5.06. The quantitative estimate of drug-likeness (QED) is 0.344. The lowest BCUT2D eigenvalue weighted by Gasteiger charge is -2.26. The molecule has 0 saturated heterocycles. The number of hydrogen-bond donors (Lipinski definition) is 1. The molecule has 0 saturated carbocycles. The van der Waals surface area contributed by atoms with E-state index in [4.69, 9.17) is 4.74 Å². The first-order valence-corrected chi connectivity index (χ1v) is 7.65. The minimum atomic E-state index is -0.718. The zero-order valence-corrected chi connectivity index (χ0v) is 13.2. The third-order valence-electron chi connectivity index (χ3n) is 3.20. The number of non-ortho nitro benzene ring substituents is 1. The average Bonchev–Trinajstić information content (AvgIpc) is 2.47.